The molecule has 116 valence electrons. The fraction of sp³-hybridized carbons (Fsp3) is 0.278. The van der Waals surface area contributed by atoms with Gasteiger partial charge < -0.3 is 10.1 Å². The summed E-state index contributed by atoms with van der Waals surface area (Å²) < 4.78 is 5.52. The number of hydrogen-bond donors (Lipinski definition) is 1. The van der Waals surface area contributed by atoms with E-state index in [1.54, 1.807) is 11.8 Å². The van der Waals surface area contributed by atoms with Crippen LogP contribution in [0.2, 0.25) is 0 Å². The second kappa shape index (κ2) is 10.0. The van der Waals surface area contributed by atoms with Crippen LogP contribution in [0.15, 0.2) is 60.7 Å². The summed E-state index contributed by atoms with van der Waals surface area (Å²) in [5.41, 5.74) is 2.39. The van der Waals surface area contributed by atoms with E-state index in [2.05, 4.69) is 17.4 Å². The predicted molar refractivity (Wildman–Crippen MR) is 91.7 cm³/mol. The number of nitrogens with one attached hydrogen (secondary N) is 1. The van der Waals surface area contributed by atoms with Crippen LogP contribution in [0.25, 0.3) is 0 Å². The first-order valence-corrected chi connectivity index (χ1v) is 8.50. The van der Waals surface area contributed by atoms with Crippen LogP contribution in [0.4, 0.5) is 0 Å². The van der Waals surface area contributed by atoms with E-state index in [0.29, 0.717) is 25.5 Å². The van der Waals surface area contributed by atoms with Crippen molar-refractivity contribution in [3.8, 4) is 0 Å². The van der Waals surface area contributed by atoms with Gasteiger partial charge in [-0.05, 0) is 11.1 Å². The van der Waals surface area contributed by atoms with Crippen molar-refractivity contribution in [1.82, 2.24) is 5.32 Å². The summed E-state index contributed by atoms with van der Waals surface area (Å²) in [7, 11) is 0. The first-order chi connectivity index (χ1) is 10.8. The van der Waals surface area contributed by atoms with Crippen molar-refractivity contribution in [2.45, 2.75) is 12.4 Å². The monoisotopic (exact) mass is 315 g/mol. The number of thioether (sulfide) groups is 1. The number of amides is 1. The third kappa shape index (κ3) is 6.78. The summed E-state index contributed by atoms with van der Waals surface area (Å²) >= 11 is 1.62. The normalized spacial score (nSPS) is 10.4. The van der Waals surface area contributed by atoms with E-state index in [1.807, 2.05) is 48.5 Å². The van der Waals surface area contributed by atoms with Gasteiger partial charge in [0.25, 0.3) is 0 Å². The van der Waals surface area contributed by atoms with Crippen molar-refractivity contribution in [3.63, 3.8) is 0 Å². The van der Waals surface area contributed by atoms with Crippen LogP contribution in [0.5, 0.6) is 0 Å². The van der Waals surface area contributed by atoms with E-state index < -0.39 is 0 Å². The maximum Gasteiger partial charge on any atom is 0.230 e. The van der Waals surface area contributed by atoms with Crippen LogP contribution >= 0.6 is 11.8 Å². The largest absolute Gasteiger partial charge is 0.375 e. The van der Waals surface area contributed by atoms with Crippen LogP contribution in [-0.4, -0.2) is 24.8 Å². The van der Waals surface area contributed by atoms with Gasteiger partial charge in [-0.3, -0.25) is 4.79 Å². The molecule has 22 heavy (non-hydrogen) atoms. The minimum atomic E-state index is 0.0595. The van der Waals surface area contributed by atoms with Gasteiger partial charge in [-0.1, -0.05) is 60.7 Å². The summed E-state index contributed by atoms with van der Waals surface area (Å²) in [5.74, 6) is 1.40. The van der Waals surface area contributed by atoms with Gasteiger partial charge >= 0.3 is 0 Å². The van der Waals surface area contributed by atoms with Crippen LogP contribution < -0.4 is 5.32 Å². The summed E-state index contributed by atoms with van der Waals surface area (Å²) in [5, 5.41) is 2.87. The Morgan fingerprint density at radius 3 is 2.27 bits per heavy atom. The molecule has 0 radical (unpaired) electrons. The van der Waals surface area contributed by atoms with Gasteiger partial charge in [0.1, 0.15) is 0 Å². The predicted octanol–water partition coefficient (Wildman–Crippen LogP) is 3.25. The standard InChI is InChI=1S/C18H21NO2S/c20-18(15-22-14-17-9-5-2-6-10-17)19-11-12-21-13-16-7-3-1-4-8-16/h1-10H,11-15H2,(H,19,20). The quantitative estimate of drug-likeness (QED) is 0.722. The molecule has 2 aromatic carbocycles. The fourth-order valence-electron chi connectivity index (χ4n) is 1.91. The van der Waals surface area contributed by atoms with Gasteiger partial charge in [0, 0.05) is 12.3 Å². The van der Waals surface area contributed by atoms with Crippen molar-refractivity contribution in [2.75, 3.05) is 18.9 Å². The first-order valence-electron chi connectivity index (χ1n) is 7.34. The average molecular weight is 315 g/mol. The van der Waals surface area contributed by atoms with Crippen LogP contribution in [0.1, 0.15) is 11.1 Å². The molecule has 1 N–H and O–H groups in total. The Kier molecular flexibility index (Phi) is 7.56. The highest BCUT2D eigenvalue weighted by Gasteiger charge is 2.01. The molecule has 0 unspecified atom stereocenters. The maximum atomic E-state index is 11.7. The lowest BCUT2D eigenvalue weighted by molar-refractivity contribution is -0.118. The van der Waals surface area contributed by atoms with E-state index >= 15 is 0 Å². The molecule has 0 saturated carbocycles. The molecule has 1 amide bonds. The van der Waals surface area contributed by atoms with Crippen LogP contribution in [0.3, 0.4) is 0 Å². The molecule has 0 aliphatic heterocycles. The Labute approximate surface area is 136 Å². The Morgan fingerprint density at radius 1 is 0.955 bits per heavy atom. The maximum absolute atomic E-state index is 11.7. The molecule has 0 aliphatic carbocycles. The van der Waals surface area contributed by atoms with Crippen molar-refractivity contribution >= 4 is 17.7 Å². The number of carbonyl (C=O) groups excluding carboxylic acids is 1. The van der Waals surface area contributed by atoms with Crippen molar-refractivity contribution in [2.24, 2.45) is 0 Å². The Balaban J connectivity index is 1.49. The third-order valence-electron chi connectivity index (χ3n) is 3.02. The van der Waals surface area contributed by atoms with Crippen molar-refractivity contribution in [1.29, 1.82) is 0 Å². The van der Waals surface area contributed by atoms with Crippen molar-refractivity contribution < 1.29 is 9.53 Å². The second-order valence-electron chi connectivity index (χ2n) is 4.87. The molecular formula is C18H21NO2S. The van der Waals surface area contributed by atoms with Gasteiger partial charge in [-0.15, -0.1) is 11.8 Å². The zero-order valence-electron chi connectivity index (χ0n) is 12.5. The molecule has 0 atom stereocenters. The van der Waals surface area contributed by atoms with Crippen LogP contribution in [0, 0.1) is 0 Å². The molecule has 0 fully saturated rings. The topological polar surface area (TPSA) is 38.3 Å². The fourth-order valence-corrected chi connectivity index (χ4v) is 2.73. The minimum Gasteiger partial charge on any atom is -0.375 e. The number of ether oxygens (including phenoxy) is 1. The van der Waals surface area contributed by atoms with Crippen LogP contribution in [-0.2, 0) is 21.9 Å². The highest BCUT2D eigenvalue weighted by atomic mass is 32.2. The smallest absolute Gasteiger partial charge is 0.230 e. The number of benzene rings is 2. The number of hydrogen-bond acceptors (Lipinski definition) is 3. The molecule has 4 heteroatoms. The zero-order chi connectivity index (χ0) is 15.5. The van der Waals surface area contributed by atoms with E-state index in [-0.39, 0.29) is 5.91 Å². The Hall–Kier alpha value is -1.78. The molecule has 2 rings (SSSR count). The second-order valence-corrected chi connectivity index (χ2v) is 5.85. The SMILES string of the molecule is O=C(CSCc1ccccc1)NCCOCc1ccccc1. The molecule has 0 aliphatic rings. The molecular weight excluding hydrogens is 294 g/mol. The molecule has 3 nitrogen and oxygen atoms in total. The molecule has 0 saturated heterocycles. The lowest BCUT2D eigenvalue weighted by atomic mass is 10.2. The van der Waals surface area contributed by atoms with E-state index in [9.17, 15) is 4.79 Å². The van der Waals surface area contributed by atoms with Crippen molar-refractivity contribution in [3.05, 3.63) is 71.8 Å². The van der Waals surface area contributed by atoms with Gasteiger partial charge in [0.2, 0.25) is 5.91 Å². The van der Waals surface area contributed by atoms with Gasteiger partial charge in [-0.2, -0.15) is 0 Å². The van der Waals surface area contributed by atoms with E-state index in [4.69, 9.17) is 4.74 Å². The molecule has 0 bridgehead atoms. The average Bonchev–Trinajstić information content (AvgIpc) is 2.56. The van der Waals surface area contributed by atoms with E-state index in [1.165, 1.54) is 5.56 Å². The highest BCUT2D eigenvalue weighted by molar-refractivity contribution is 7.99. The zero-order valence-corrected chi connectivity index (χ0v) is 13.4. The summed E-state index contributed by atoms with van der Waals surface area (Å²) in [4.78, 5) is 11.7. The van der Waals surface area contributed by atoms with Gasteiger partial charge in [0.05, 0.1) is 19.0 Å². The number of carbonyl (C=O) groups is 1. The summed E-state index contributed by atoms with van der Waals surface area (Å²) in [6.07, 6.45) is 0. The number of rotatable bonds is 9. The van der Waals surface area contributed by atoms with E-state index in [0.717, 1.165) is 11.3 Å². The lowest BCUT2D eigenvalue weighted by Crippen LogP contribution is -2.28. The molecule has 0 spiro atoms. The molecule has 0 heterocycles. The third-order valence-corrected chi connectivity index (χ3v) is 4.03. The Morgan fingerprint density at radius 2 is 1.59 bits per heavy atom. The molecule has 0 aromatic heterocycles. The summed E-state index contributed by atoms with van der Waals surface area (Å²) in [6.45, 7) is 1.67. The van der Waals surface area contributed by atoms with Gasteiger partial charge in [-0.25, -0.2) is 0 Å². The lowest BCUT2D eigenvalue weighted by Gasteiger charge is -2.07. The minimum absolute atomic E-state index is 0.0595. The highest BCUT2D eigenvalue weighted by Crippen LogP contribution is 2.10. The molecule has 2 aromatic rings. The first kappa shape index (κ1) is 16.6. The summed E-state index contributed by atoms with van der Waals surface area (Å²) in [6, 6.07) is 20.2. The Bertz CT molecular complexity index is 546. The van der Waals surface area contributed by atoms with Gasteiger partial charge in [0.15, 0.2) is 0 Å².